The number of hydrogen-bond donors (Lipinski definition) is 1. The highest BCUT2D eigenvalue weighted by Gasteiger charge is 2.24. The summed E-state index contributed by atoms with van der Waals surface area (Å²) in [4.78, 5) is 14.1. The van der Waals surface area contributed by atoms with Gasteiger partial charge in [0.25, 0.3) is 0 Å². The molecular formula is C15H21F2N3O4S. The van der Waals surface area contributed by atoms with Crippen molar-refractivity contribution in [2.75, 3.05) is 56.5 Å². The molecule has 10 heteroatoms. The molecule has 1 fully saturated rings. The number of carbonyl (C=O) groups is 1. The molecule has 0 saturated carbocycles. The van der Waals surface area contributed by atoms with Crippen molar-refractivity contribution < 1.29 is 26.7 Å². The second-order valence-corrected chi connectivity index (χ2v) is 7.58. The third-order valence-corrected chi connectivity index (χ3v) is 4.85. The third-order valence-electron chi connectivity index (χ3n) is 3.72. The molecule has 25 heavy (non-hydrogen) atoms. The maximum Gasteiger partial charge on any atom is 0.240 e. The van der Waals surface area contributed by atoms with Crippen LogP contribution in [-0.2, 0) is 19.6 Å². The SMILES string of the molecule is CS(=O)(=O)N(CC(=O)NCCN1CCOCC1)c1ccc(F)cc1F. The van der Waals surface area contributed by atoms with Crippen molar-refractivity contribution in [3.05, 3.63) is 29.8 Å². The Labute approximate surface area is 145 Å². The number of nitrogens with one attached hydrogen (secondary N) is 1. The van der Waals surface area contributed by atoms with E-state index in [1.54, 1.807) is 0 Å². The first kappa shape index (κ1) is 19.5. The van der Waals surface area contributed by atoms with E-state index in [2.05, 4.69) is 10.2 Å². The summed E-state index contributed by atoms with van der Waals surface area (Å²) >= 11 is 0. The first-order chi connectivity index (χ1) is 11.8. The number of carbonyl (C=O) groups excluding carboxylic acids is 1. The van der Waals surface area contributed by atoms with Crippen LogP contribution in [0.5, 0.6) is 0 Å². The Morgan fingerprint density at radius 2 is 2.00 bits per heavy atom. The smallest absolute Gasteiger partial charge is 0.240 e. The first-order valence-electron chi connectivity index (χ1n) is 7.77. The quantitative estimate of drug-likeness (QED) is 0.733. The van der Waals surface area contributed by atoms with E-state index in [1.165, 1.54) is 0 Å². The molecule has 0 aromatic heterocycles. The fourth-order valence-electron chi connectivity index (χ4n) is 2.43. The number of hydrogen-bond acceptors (Lipinski definition) is 5. The Morgan fingerprint density at radius 1 is 1.32 bits per heavy atom. The van der Waals surface area contributed by atoms with E-state index in [0.717, 1.165) is 31.5 Å². The molecule has 0 spiro atoms. The zero-order valence-corrected chi connectivity index (χ0v) is 14.7. The standard InChI is InChI=1S/C15H21F2N3O4S/c1-25(22,23)20(14-3-2-12(16)10-13(14)17)11-15(21)18-4-5-19-6-8-24-9-7-19/h2-3,10H,4-9,11H2,1H3,(H,18,21). The first-order valence-corrected chi connectivity index (χ1v) is 9.62. The van der Waals surface area contributed by atoms with E-state index >= 15 is 0 Å². The minimum atomic E-state index is -3.91. The van der Waals surface area contributed by atoms with E-state index in [4.69, 9.17) is 4.74 Å². The molecule has 0 unspecified atom stereocenters. The fourth-order valence-corrected chi connectivity index (χ4v) is 3.29. The second kappa shape index (κ2) is 8.54. The Balaban J connectivity index is 1.96. The highest BCUT2D eigenvalue weighted by atomic mass is 32.2. The van der Waals surface area contributed by atoms with E-state index < -0.39 is 34.1 Å². The second-order valence-electron chi connectivity index (χ2n) is 5.67. The van der Waals surface area contributed by atoms with Gasteiger partial charge in [-0.15, -0.1) is 0 Å². The molecule has 1 saturated heterocycles. The number of ether oxygens (including phenoxy) is 1. The van der Waals surface area contributed by atoms with Gasteiger partial charge in [-0.25, -0.2) is 17.2 Å². The van der Waals surface area contributed by atoms with Crippen LogP contribution in [0.3, 0.4) is 0 Å². The van der Waals surface area contributed by atoms with Crippen LogP contribution in [0.2, 0.25) is 0 Å². The van der Waals surface area contributed by atoms with E-state index in [1.807, 2.05) is 0 Å². The van der Waals surface area contributed by atoms with Crippen molar-refractivity contribution in [2.45, 2.75) is 0 Å². The molecule has 2 rings (SSSR count). The lowest BCUT2D eigenvalue weighted by Gasteiger charge is -2.27. The Kier molecular flexibility index (Phi) is 6.68. The zero-order chi connectivity index (χ0) is 18.4. The van der Waals surface area contributed by atoms with E-state index in [0.29, 0.717) is 36.7 Å². The third kappa shape index (κ3) is 5.91. The Morgan fingerprint density at radius 3 is 2.60 bits per heavy atom. The highest BCUT2D eigenvalue weighted by molar-refractivity contribution is 7.92. The van der Waals surface area contributed by atoms with Crippen molar-refractivity contribution in [3.63, 3.8) is 0 Å². The van der Waals surface area contributed by atoms with Crippen LogP contribution in [0.15, 0.2) is 18.2 Å². The number of anilines is 1. The zero-order valence-electron chi connectivity index (χ0n) is 13.9. The van der Waals surface area contributed by atoms with Crippen molar-refractivity contribution in [3.8, 4) is 0 Å². The van der Waals surface area contributed by atoms with Gasteiger partial charge in [-0.2, -0.15) is 0 Å². The van der Waals surface area contributed by atoms with Crippen LogP contribution in [0, 0.1) is 11.6 Å². The number of nitrogens with zero attached hydrogens (tertiary/aromatic N) is 2. The molecule has 0 aliphatic carbocycles. The molecule has 1 aromatic carbocycles. The van der Waals surface area contributed by atoms with Gasteiger partial charge >= 0.3 is 0 Å². The minimum Gasteiger partial charge on any atom is -0.379 e. The van der Waals surface area contributed by atoms with Crippen LogP contribution in [0.25, 0.3) is 0 Å². The summed E-state index contributed by atoms with van der Waals surface area (Å²) < 4.78 is 56.5. The van der Waals surface area contributed by atoms with Crippen molar-refractivity contribution in [2.24, 2.45) is 0 Å². The topological polar surface area (TPSA) is 79.0 Å². The highest BCUT2D eigenvalue weighted by Crippen LogP contribution is 2.22. The average Bonchev–Trinajstić information content (AvgIpc) is 2.53. The number of morpholine rings is 1. The molecule has 1 N–H and O–H groups in total. The summed E-state index contributed by atoms with van der Waals surface area (Å²) in [5.41, 5.74) is -0.368. The molecule has 0 radical (unpaired) electrons. The molecule has 1 amide bonds. The molecule has 7 nitrogen and oxygen atoms in total. The van der Waals surface area contributed by atoms with Crippen LogP contribution < -0.4 is 9.62 Å². The van der Waals surface area contributed by atoms with Crippen LogP contribution in [-0.4, -0.2) is 71.4 Å². The minimum absolute atomic E-state index is 0.336. The van der Waals surface area contributed by atoms with Gasteiger partial charge in [-0.1, -0.05) is 0 Å². The molecule has 1 heterocycles. The molecular weight excluding hydrogens is 356 g/mol. The summed E-state index contributed by atoms with van der Waals surface area (Å²) in [6.07, 6.45) is 0.858. The molecule has 1 aliphatic heterocycles. The van der Waals surface area contributed by atoms with Crippen molar-refractivity contribution >= 4 is 21.6 Å². The number of halogens is 2. The summed E-state index contributed by atoms with van der Waals surface area (Å²) in [5.74, 6) is -2.45. The number of amides is 1. The summed E-state index contributed by atoms with van der Waals surface area (Å²) in [6.45, 7) is 3.18. The van der Waals surface area contributed by atoms with E-state index in [9.17, 15) is 22.0 Å². The molecule has 0 atom stereocenters. The lowest BCUT2D eigenvalue weighted by molar-refractivity contribution is -0.119. The lowest BCUT2D eigenvalue weighted by Crippen LogP contribution is -2.44. The van der Waals surface area contributed by atoms with Gasteiger partial charge in [-0.05, 0) is 12.1 Å². The van der Waals surface area contributed by atoms with Gasteiger partial charge < -0.3 is 10.1 Å². The number of rotatable bonds is 7. The summed E-state index contributed by atoms with van der Waals surface area (Å²) in [5, 5.41) is 2.61. The van der Waals surface area contributed by atoms with Gasteiger partial charge in [0.05, 0.1) is 25.2 Å². The van der Waals surface area contributed by atoms with Crippen LogP contribution >= 0.6 is 0 Å². The van der Waals surface area contributed by atoms with Crippen molar-refractivity contribution in [1.82, 2.24) is 10.2 Å². The van der Waals surface area contributed by atoms with Gasteiger partial charge in [0.15, 0.2) is 0 Å². The van der Waals surface area contributed by atoms with Gasteiger partial charge in [0.1, 0.15) is 18.2 Å². The Bertz CT molecular complexity index is 709. The number of sulfonamides is 1. The molecule has 0 bridgehead atoms. The molecule has 1 aromatic rings. The predicted octanol–water partition coefficient (Wildman–Crippen LogP) is 0.179. The predicted molar refractivity (Wildman–Crippen MR) is 88.8 cm³/mol. The van der Waals surface area contributed by atoms with Gasteiger partial charge in [-0.3, -0.25) is 14.0 Å². The summed E-state index contributed by atoms with van der Waals surface area (Å²) in [7, 11) is -3.91. The number of benzene rings is 1. The van der Waals surface area contributed by atoms with Gasteiger partial charge in [0, 0.05) is 32.2 Å². The maximum absolute atomic E-state index is 13.9. The normalized spacial score (nSPS) is 15.8. The summed E-state index contributed by atoms with van der Waals surface area (Å²) in [6, 6.07) is 2.50. The average molecular weight is 377 g/mol. The van der Waals surface area contributed by atoms with Crippen molar-refractivity contribution in [1.29, 1.82) is 0 Å². The lowest BCUT2D eigenvalue weighted by atomic mass is 10.3. The van der Waals surface area contributed by atoms with Crippen LogP contribution in [0.4, 0.5) is 14.5 Å². The molecule has 140 valence electrons. The fraction of sp³-hybridized carbons (Fsp3) is 0.533. The Hall–Kier alpha value is -1.78. The monoisotopic (exact) mass is 377 g/mol. The molecule has 1 aliphatic rings. The maximum atomic E-state index is 13.9. The van der Waals surface area contributed by atoms with E-state index in [-0.39, 0.29) is 5.69 Å². The van der Waals surface area contributed by atoms with Gasteiger partial charge in [0.2, 0.25) is 15.9 Å². The van der Waals surface area contributed by atoms with Crippen LogP contribution in [0.1, 0.15) is 0 Å². The largest absolute Gasteiger partial charge is 0.379 e.